The van der Waals surface area contributed by atoms with Crippen LogP contribution in [0.25, 0.3) is 0 Å². The van der Waals surface area contributed by atoms with E-state index in [0.717, 1.165) is 11.6 Å². The van der Waals surface area contributed by atoms with E-state index in [4.69, 9.17) is 11.6 Å². The van der Waals surface area contributed by atoms with Crippen molar-refractivity contribution >= 4 is 17.5 Å². The van der Waals surface area contributed by atoms with Gasteiger partial charge in [0, 0.05) is 12.7 Å². The molecule has 1 aromatic heterocycles. The van der Waals surface area contributed by atoms with Crippen molar-refractivity contribution in [2.75, 3.05) is 6.54 Å². The molecule has 1 heterocycles. The SMILES string of the molecule is O=C(Cc1ccc(F)c(Cl)c1F)NCCc1cn[nH]c1. The number of nitrogens with zero attached hydrogens (tertiary/aromatic N) is 1. The molecule has 0 aliphatic carbocycles. The van der Waals surface area contributed by atoms with Crippen LogP contribution < -0.4 is 5.32 Å². The van der Waals surface area contributed by atoms with Crippen LogP contribution in [-0.4, -0.2) is 22.6 Å². The van der Waals surface area contributed by atoms with Crippen molar-refractivity contribution in [2.24, 2.45) is 0 Å². The molecule has 0 radical (unpaired) electrons. The molecule has 1 aromatic carbocycles. The zero-order chi connectivity index (χ0) is 14.5. The van der Waals surface area contributed by atoms with Gasteiger partial charge in [-0.3, -0.25) is 9.89 Å². The molecule has 0 spiro atoms. The molecule has 0 aliphatic rings. The van der Waals surface area contributed by atoms with Crippen LogP contribution >= 0.6 is 11.6 Å². The summed E-state index contributed by atoms with van der Waals surface area (Å²) in [6.07, 6.45) is 3.82. The highest BCUT2D eigenvalue weighted by atomic mass is 35.5. The van der Waals surface area contributed by atoms with Crippen molar-refractivity contribution in [3.05, 3.63) is 52.3 Å². The van der Waals surface area contributed by atoms with Crippen LogP contribution in [0.4, 0.5) is 8.78 Å². The number of aromatic amines is 1. The summed E-state index contributed by atoms with van der Waals surface area (Å²) >= 11 is 5.45. The van der Waals surface area contributed by atoms with Crippen molar-refractivity contribution < 1.29 is 13.6 Å². The fourth-order valence-corrected chi connectivity index (χ4v) is 1.88. The first-order valence-corrected chi connectivity index (χ1v) is 6.32. The Morgan fingerprint density at radius 2 is 2.20 bits per heavy atom. The van der Waals surface area contributed by atoms with Gasteiger partial charge < -0.3 is 5.32 Å². The quantitative estimate of drug-likeness (QED) is 0.832. The molecule has 2 N–H and O–H groups in total. The molecule has 0 atom stereocenters. The normalized spacial score (nSPS) is 10.6. The number of hydrogen-bond acceptors (Lipinski definition) is 2. The lowest BCUT2D eigenvalue weighted by atomic mass is 10.1. The van der Waals surface area contributed by atoms with Crippen LogP contribution in [0, 0.1) is 11.6 Å². The first-order valence-electron chi connectivity index (χ1n) is 5.94. The maximum absolute atomic E-state index is 13.6. The van der Waals surface area contributed by atoms with Crippen molar-refractivity contribution in [1.29, 1.82) is 0 Å². The van der Waals surface area contributed by atoms with E-state index in [2.05, 4.69) is 15.5 Å². The third-order valence-electron chi connectivity index (χ3n) is 2.76. The fourth-order valence-electron chi connectivity index (χ4n) is 1.70. The van der Waals surface area contributed by atoms with Gasteiger partial charge in [-0.25, -0.2) is 8.78 Å². The average Bonchev–Trinajstić information content (AvgIpc) is 2.93. The summed E-state index contributed by atoms with van der Waals surface area (Å²) in [6.45, 7) is 0.412. The Bertz CT molecular complexity index is 602. The van der Waals surface area contributed by atoms with E-state index in [-0.39, 0.29) is 17.9 Å². The maximum Gasteiger partial charge on any atom is 0.224 e. The minimum atomic E-state index is -0.892. The highest BCUT2D eigenvalue weighted by Crippen LogP contribution is 2.22. The van der Waals surface area contributed by atoms with Crippen LogP contribution in [0.15, 0.2) is 24.5 Å². The lowest BCUT2D eigenvalue weighted by Gasteiger charge is -2.06. The number of hydrogen-bond donors (Lipinski definition) is 2. The van der Waals surface area contributed by atoms with Gasteiger partial charge in [-0.15, -0.1) is 0 Å². The molecular formula is C13H12ClF2N3O. The van der Waals surface area contributed by atoms with Crippen LogP contribution in [0.3, 0.4) is 0 Å². The number of halogens is 3. The number of nitrogens with one attached hydrogen (secondary N) is 2. The molecular weight excluding hydrogens is 288 g/mol. The van der Waals surface area contributed by atoms with Gasteiger partial charge in [-0.2, -0.15) is 5.10 Å². The molecule has 20 heavy (non-hydrogen) atoms. The third kappa shape index (κ3) is 3.54. The van der Waals surface area contributed by atoms with Gasteiger partial charge in [-0.1, -0.05) is 17.7 Å². The van der Waals surface area contributed by atoms with E-state index in [1.165, 1.54) is 6.07 Å². The Kier molecular flexibility index (Phi) is 4.68. The minimum Gasteiger partial charge on any atom is -0.355 e. The number of rotatable bonds is 5. The Morgan fingerprint density at radius 1 is 1.40 bits per heavy atom. The van der Waals surface area contributed by atoms with Gasteiger partial charge in [0.15, 0.2) is 0 Å². The van der Waals surface area contributed by atoms with Gasteiger partial charge in [-0.05, 0) is 23.6 Å². The van der Waals surface area contributed by atoms with Gasteiger partial charge in [0.25, 0.3) is 0 Å². The second-order valence-electron chi connectivity index (χ2n) is 4.22. The predicted octanol–water partition coefficient (Wildman–Crippen LogP) is 2.24. The van der Waals surface area contributed by atoms with E-state index in [9.17, 15) is 13.6 Å². The molecule has 0 saturated heterocycles. The largest absolute Gasteiger partial charge is 0.355 e. The third-order valence-corrected chi connectivity index (χ3v) is 3.10. The number of amides is 1. The summed E-state index contributed by atoms with van der Waals surface area (Å²) in [5.74, 6) is -2.08. The molecule has 4 nitrogen and oxygen atoms in total. The van der Waals surface area contributed by atoms with Crippen molar-refractivity contribution in [2.45, 2.75) is 12.8 Å². The Morgan fingerprint density at radius 3 is 2.90 bits per heavy atom. The molecule has 7 heteroatoms. The van der Waals surface area contributed by atoms with Crippen molar-refractivity contribution in [1.82, 2.24) is 15.5 Å². The standard InChI is InChI=1S/C13H12ClF2N3O/c14-12-10(15)2-1-9(13(12)16)5-11(20)17-4-3-8-6-18-19-7-8/h1-2,6-7H,3-5H2,(H,17,20)(H,18,19). The van der Waals surface area contributed by atoms with Crippen LogP contribution in [0.2, 0.25) is 5.02 Å². The molecule has 2 rings (SSSR count). The fraction of sp³-hybridized carbons (Fsp3) is 0.231. The molecule has 2 aromatic rings. The molecule has 1 amide bonds. The predicted molar refractivity (Wildman–Crippen MR) is 70.4 cm³/mol. The van der Waals surface area contributed by atoms with Gasteiger partial charge in [0.2, 0.25) is 5.91 Å². The van der Waals surface area contributed by atoms with E-state index < -0.39 is 16.7 Å². The second-order valence-corrected chi connectivity index (χ2v) is 4.60. The van der Waals surface area contributed by atoms with Crippen molar-refractivity contribution in [3.8, 4) is 0 Å². The monoisotopic (exact) mass is 299 g/mol. The summed E-state index contributed by atoms with van der Waals surface area (Å²) in [5, 5.41) is 8.50. The Hall–Kier alpha value is -1.95. The zero-order valence-corrected chi connectivity index (χ0v) is 11.2. The number of carbonyl (C=O) groups is 1. The highest BCUT2D eigenvalue weighted by molar-refractivity contribution is 6.31. The molecule has 106 valence electrons. The molecule has 0 fully saturated rings. The van der Waals surface area contributed by atoms with Gasteiger partial charge >= 0.3 is 0 Å². The van der Waals surface area contributed by atoms with E-state index in [1.54, 1.807) is 12.4 Å². The second kappa shape index (κ2) is 6.47. The molecule has 0 bridgehead atoms. The van der Waals surface area contributed by atoms with Gasteiger partial charge in [0.05, 0.1) is 12.6 Å². The topological polar surface area (TPSA) is 57.8 Å². The van der Waals surface area contributed by atoms with Crippen molar-refractivity contribution in [3.63, 3.8) is 0 Å². The molecule has 0 saturated carbocycles. The smallest absolute Gasteiger partial charge is 0.224 e. The summed E-state index contributed by atoms with van der Waals surface area (Å²) < 4.78 is 26.6. The lowest BCUT2D eigenvalue weighted by Crippen LogP contribution is -2.27. The zero-order valence-electron chi connectivity index (χ0n) is 10.4. The van der Waals surface area contributed by atoms with E-state index >= 15 is 0 Å². The van der Waals surface area contributed by atoms with Crippen LogP contribution in [-0.2, 0) is 17.6 Å². The van der Waals surface area contributed by atoms with E-state index in [1.807, 2.05) is 0 Å². The minimum absolute atomic E-state index is 0.0669. The number of aromatic nitrogens is 2. The summed E-state index contributed by atoms with van der Waals surface area (Å²) in [5.41, 5.74) is 1.03. The van der Waals surface area contributed by atoms with Crippen LogP contribution in [0.5, 0.6) is 0 Å². The maximum atomic E-state index is 13.6. The summed E-state index contributed by atoms with van der Waals surface area (Å²) in [6, 6.07) is 2.26. The highest BCUT2D eigenvalue weighted by Gasteiger charge is 2.14. The van der Waals surface area contributed by atoms with Crippen LogP contribution in [0.1, 0.15) is 11.1 Å². The average molecular weight is 300 g/mol. The summed E-state index contributed by atoms with van der Waals surface area (Å²) in [7, 11) is 0. The first kappa shape index (κ1) is 14.5. The number of H-pyrrole nitrogens is 1. The Labute approximate surface area is 119 Å². The lowest BCUT2D eigenvalue weighted by molar-refractivity contribution is -0.120. The number of benzene rings is 1. The van der Waals surface area contributed by atoms with Gasteiger partial charge in [0.1, 0.15) is 16.7 Å². The Balaban J connectivity index is 1.87. The molecule has 0 aliphatic heterocycles. The van der Waals surface area contributed by atoms with E-state index in [0.29, 0.717) is 13.0 Å². The first-order chi connectivity index (χ1) is 9.58. The summed E-state index contributed by atoms with van der Waals surface area (Å²) in [4.78, 5) is 11.7. The number of carbonyl (C=O) groups excluding carboxylic acids is 1. The molecule has 0 unspecified atom stereocenters.